The van der Waals surface area contributed by atoms with Gasteiger partial charge in [0, 0.05) is 17.0 Å². The summed E-state index contributed by atoms with van der Waals surface area (Å²) in [6, 6.07) is 11.5. The van der Waals surface area contributed by atoms with Gasteiger partial charge in [-0.2, -0.15) is 0 Å². The lowest BCUT2D eigenvalue weighted by atomic mass is 10.0. The summed E-state index contributed by atoms with van der Waals surface area (Å²) in [5.74, 6) is 5.66. The average molecular weight is 202 g/mol. The second kappa shape index (κ2) is 3.88. The van der Waals surface area contributed by atoms with E-state index in [0.29, 0.717) is 5.75 Å². The number of phenols is 1. The Bertz CT molecular complexity index is 482. The number of fused-ring (bicyclic) bond motifs is 1. The van der Waals surface area contributed by atoms with Gasteiger partial charge in [-0.05, 0) is 12.3 Å². The molecule has 0 fully saturated rings. The standard InChI is InChI=1S/C12H14N2O/c1-8(14-13)10-7-6-9-4-2-3-5-11(9)12(10)15/h2-8,14-15H,13H2,1H3. The van der Waals surface area contributed by atoms with Crippen molar-refractivity contribution in [3.8, 4) is 5.75 Å². The third-order valence-electron chi connectivity index (χ3n) is 2.65. The van der Waals surface area contributed by atoms with E-state index >= 15 is 0 Å². The van der Waals surface area contributed by atoms with Crippen LogP contribution in [0.25, 0.3) is 10.8 Å². The lowest BCUT2D eigenvalue weighted by molar-refractivity contribution is 0.460. The average Bonchev–Trinajstić information content (AvgIpc) is 2.29. The molecule has 2 aromatic rings. The Morgan fingerprint density at radius 1 is 1.20 bits per heavy atom. The highest BCUT2D eigenvalue weighted by Gasteiger charge is 2.10. The van der Waals surface area contributed by atoms with Gasteiger partial charge in [-0.15, -0.1) is 0 Å². The van der Waals surface area contributed by atoms with Crippen molar-refractivity contribution < 1.29 is 5.11 Å². The molecule has 0 heterocycles. The number of aromatic hydroxyl groups is 1. The van der Waals surface area contributed by atoms with Gasteiger partial charge >= 0.3 is 0 Å². The molecular formula is C12H14N2O. The smallest absolute Gasteiger partial charge is 0.128 e. The minimum atomic E-state index is -0.0605. The van der Waals surface area contributed by atoms with Crippen LogP contribution in [0.1, 0.15) is 18.5 Å². The molecule has 2 rings (SSSR count). The van der Waals surface area contributed by atoms with Gasteiger partial charge in [-0.3, -0.25) is 11.3 Å². The van der Waals surface area contributed by atoms with E-state index < -0.39 is 0 Å². The van der Waals surface area contributed by atoms with Crippen molar-refractivity contribution in [1.29, 1.82) is 0 Å². The first-order valence-corrected chi connectivity index (χ1v) is 4.91. The molecule has 0 amide bonds. The molecule has 0 bridgehead atoms. The second-order valence-corrected chi connectivity index (χ2v) is 3.61. The van der Waals surface area contributed by atoms with Crippen LogP contribution in [0.2, 0.25) is 0 Å². The summed E-state index contributed by atoms with van der Waals surface area (Å²) in [7, 11) is 0. The maximum Gasteiger partial charge on any atom is 0.128 e. The third-order valence-corrected chi connectivity index (χ3v) is 2.65. The Morgan fingerprint density at radius 2 is 1.93 bits per heavy atom. The number of nitrogens with two attached hydrogens (primary N) is 1. The predicted octanol–water partition coefficient (Wildman–Crippen LogP) is 2.07. The molecule has 0 aromatic heterocycles. The number of hydrogen-bond acceptors (Lipinski definition) is 3. The van der Waals surface area contributed by atoms with Crippen molar-refractivity contribution in [2.45, 2.75) is 13.0 Å². The second-order valence-electron chi connectivity index (χ2n) is 3.61. The molecule has 2 aromatic carbocycles. The van der Waals surface area contributed by atoms with Gasteiger partial charge in [0.15, 0.2) is 0 Å². The number of phenolic OH excluding ortho intramolecular Hbond substituents is 1. The number of nitrogens with one attached hydrogen (secondary N) is 1. The normalized spacial score (nSPS) is 12.9. The minimum absolute atomic E-state index is 0.0605. The van der Waals surface area contributed by atoms with Crippen molar-refractivity contribution in [2.24, 2.45) is 5.84 Å². The van der Waals surface area contributed by atoms with E-state index in [-0.39, 0.29) is 6.04 Å². The van der Waals surface area contributed by atoms with E-state index in [0.717, 1.165) is 16.3 Å². The quantitative estimate of drug-likeness (QED) is 0.516. The highest BCUT2D eigenvalue weighted by atomic mass is 16.3. The van der Waals surface area contributed by atoms with Crippen LogP contribution in [0.15, 0.2) is 36.4 Å². The third kappa shape index (κ3) is 1.67. The molecule has 0 radical (unpaired) electrons. The topological polar surface area (TPSA) is 58.3 Å². The zero-order chi connectivity index (χ0) is 10.8. The SMILES string of the molecule is CC(NN)c1ccc2ccccc2c1O. The monoisotopic (exact) mass is 202 g/mol. The molecule has 0 aliphatic heterocycles. The van der Waals surface area contributed by atoms with Crippen molar-refractivity contribution in [1.82, 2.24) is 5.43 Å². The van der Waals surface area contributed by atoms with E-state index in [1.165, 1.54) is 0 Å². The van der Waals surface area contributed by atoms with Crippen LogP contribution < -0.4 is 11.3 Å². The van der Waals surface area contributed by atoms with E-state index in [2.05, 4.69) is 5.43 Å². The largest absolute Gasteiger partial charge is 0.507 e. The molecule has 3 nitrogen and oxygen atoms in total. The number of hydrogen-bond donors (Lipinski definition) is 3. The fraction of sp³-hybridized carbons (Fsp3) is 0.167. The molecule has 0 saturated carbocycles. The molecule has 15 heavy (non-hydrogen) atoms. The first kappa shape index (κ1) is 9.96. The summed E-state index contributed by atoms with van der Waals surface area (Å²) in [4.78, 5) is 0. The van der Waals surface area contributed by atoms with Gasteiger partial charge in [0.1, 0.15) is 5.75 Å². The molecule has 0 spiro atoms. The molecule has 0 aliphatic carbocycles. The Kier molecular flexibility index (Phi) is 2.58. The summed E-state index contributed by atoms with van der Waals surface area (Å²) in [5.41, 5.74) is 3.44. The van der Waals surface area contributed by atoms with Crippen molar-refractivity contribution >= 4 is 10.8 Å². The fourth-order valence-corrected chi connectivity index (χ4v) is 1.71. The van der Waals surface area contributed by atoms with E-state index in [1.807, 2.05) is 43.3 Å². The van der Waals surface area contributed by atoms with Crippen LogP contribution in [0, 0.1) is 0 Å². The highest BCUT2D eigenvalue weighted by Crippen LogP contribution is 2.31. The van der Waals surface area contributed by atoms with Gasteiger partial charge in [0.05, 0.1) is 0 Å². The fourth-order valence-electron chi connectivity index (χ4n) is 1.71. The first-order valence-electron chi connectivity index (χ1n) is 4.91. The molecule has 0 aliphatic rings. The molecule has 1 atom stereocenters. The summed E-state index contributed by atoms with van der Waals surface area (Å²) in [6.45, 7) is 1.91. The van der Waals surface area contributed by atoms with Gasteiger partial charge < -0.3 is 5.11 Å². The summed E-state index contributed by atoms with van der Waals surface area (Å²) >= 11 is 0. The lowest BCUT2D eigenvalue weighted by Crippen LogP contribution is -2.25. The molecular weight excluding hydrogens is 188 g/mol. The van der Waals surface area contributed by atoms with E-state index in [4.69, 9.17) is 5.84 Å². The zero-order valence-corrected chi connectivity index (χ0v) is 8.57. The summed E-state index contributed by atoms with van der Waals surface area (Å²) in [5, 5.41) is 11.9. The number of rotatable bonds is 2. The first-order chi connectivity index (χ1) is 7.24. The summed E-state index contributed by atoms with van der Waals surface area (Å²) in [6.07, 6.45) is 0. The van der Waals surface area contributed by atoms with Crippen LogP contribution in [-0.2, 0) is 0 Å². The summed E-state index contributed by atoms with van der Waals surface area (Å²) < 4.78 is 0. The Balaban J connectivity index is 2.65. The molecule has 0 saturated heterocycles. The minimum Gasteiger partial charge on any atom is -0.507 e. The molecule has 1 unspecified atom stereocenters. The highest BCUT2D eigenvalue weighted by molar-refractivity contribution is 5.89. The van der Waals surface area contributed by atoms with E-state index in [1.54, 1.807) is 0 Å². The molecule has 78 valence electrons. The van der Waals surface area contributed by atoms with Crippen molar-refractivity contribution in [3.05, 3.63) is 42.0 Å². The Labute approximate surface area is 88.5 Å². The van der Waals surface area contributed by atoms with Gasteiger partial charge in [-0.1, -0.05) is 36.4 Å². The van der Waals surface area contributed by atoms with Gasteiger partial charge in [0.2, 0.25) is 0 Å². The van der Waals surface area contributed by atoms with Crippen molar-refractivity contribution in [2.75, 3.05) is 0 Å². The van der Waals surface area contributed by atoms with Crippen LogP contribution in [0.3, 0.4) is 0 Å². The van der Waals surface area contributed by atoms with Gasteiger partial charge in [-0.25, -0.2) is 0 Å². The van der Waals surface area contributed by atoms with Crippen LogP contribution in [0.4, 0.5) is 0 Å². The zero-order valence-electron chi connectivity index (χ0n) is 8.57. The number of hydrazine groups is 1. The van der Waals surface area contributed by atoms with E-state index in [9.17, 15) is 5.11 Å². The van der Waals surface area contributed by atoms with Crippen LogP contribution in [-0.4, -0.2) is 5.11 Å². The number of benzene rings is 2. The lowest BCUT2D eigenvalue weighted by Gasteiger charge is -2.13. The maximum atomic E-state index is 10.1. The predicted molar refractivity (Wildman–Crippen MR) is 61.4 cm³/mol. The van der Waals surface area contributed by atoms with Crippen LogP contribution in [0.5, 0.6) is 5.75 Å². The van der Waals surface area contributed by atoms with Crippen molar-refractivity contribution in [3.63, 3.8) is 0 Å². The Hall–Kier alpha value is -1.58. The molecule has 3 heteroatoms. The Morgan fingerprint density at radius 3 is 2.67 bits per heavy atom. The molecule has 4 N–H and O–H groups in total. The van der Waals surface area contributed by atoms with Crippen LogP contribution >= 0.6 is 0 Å². The van der Waals surface area contributed by atoms with Gasteiger partial charge in [0.25, 0.3) is 0 Å². The maximum absolute atomic E-state index is 10.1.